The lowest BCUT2D eigenvalue weighted by atomic mass is 9.89. The molecule has 0 radical (unpaired) electrons. The van der Waals surface area contributed by atoms with E-state index < -0.39 is 12.1 Å². The number of carbonyl (C=O) groups is 2. The van der Waals surface area contributed by atoms with E-state index in [2.05, 4.69) is 5.32 Å². The maximum Gasteiger partial charge on any atom is 0.341 e. The van der Waals surface area contributed by atoms with E-state index in [1.54, 1.807) is 13.1 Å². The summed E-state index contributed by atoms with van der Waals surface area (Å²) in [4.78, 5) is 24.7. The van der Waals surface area contributed by atoms with Gasteiger partial charge in [-0.25, -0.2) is 4.79 Å². The second-order valence-corrected chi connectivity index (χ2v) is 6.97. The van der Waals surface area contributed by atoms with Crippen LogP contribution in [0.3, 0.4) is 0 Å². The first-order valence-electron chi connectivity index (χ1n) is 9.09. The Morgan fingerprint density at radius 3 is 2.72 bits per heavy atom. The fraction of sp³-hybridized carbons (Fsp3) is 0.500. The highest BCUT2D eigenvalue weighted by Gasteiger charge is 2.22. The Morgan fingerprint density at radius 2 is 1.96 bits per heavy atom. The Bertz CT molecular complexity index is 759. The maximum absolute atomic E-state index is 12.5. The Morgan fingerprint density at radius 1 is 1.24 bits per heavy atom. The molecule has 0 spiro atoms. The van der Waals surface area contributed by atoms with Crippen molar-refractivity contribution in [2.45, 2.75) is 45.1 Å². The molecule has 1 aliphatic carbocycles. The molecule has 1 aliphatic rings. The van der Waals surface area contributed by atoms with Gasteiger partial charge in [0.15, 0.2) is 6.10 Å². The van der Waals surface area contributed by atoms with E-state index >= 15 is 0 Å². The third kappa shape index (κ3) is 4.03. The molecule has 2 aromatic rings. The summed E-state index contributed by atoms with van der Waals surface area (Å²) in [6.45, 7) is 2.30. The first-order valence-corrected chi connectivity index (χ1v) is 9.09. The molecule has 134 valence electrons. The summed E-state index contributed by atoms with van der Waals surface area (Å²) in [5.41, 5.74) is 1.45. The van der Waals surface area contributed by atoms with E-state index in [1.165, 1.54) is 32.1 Å². The molecule has 1 saturated carbocycles. The Labute approximate surface area is 148 Å². The standard InChI is InChI=1S/C20H26N2O3/c1-14(19(23)21-12-15-8-4-3-5-9-15)25-20(24)17-13-22(2)18-11-7-6-10-16(17)18/h6-7,10-11,13-15H,3-5,8-9,12H2,1-2H3,(H,21,23). The van der Waals surface area contributed by atoms with Gasteiger partial charge in [0.05, 0.1) is 5.56 Å². The summed E-state index contributed by atoms with van der Waals surface area (Å²) < 4.78 is 7.28. The quantitative estimate of drug-likeness (QED) is 0.847. The van der Waals surface area contributed by atoms with Crippen LogP contribution in [0, 0.1) is 5.92 Å². The summed E-state index contributed by atoms with van der Waals surface area (Å²) >= 11 is 0. The molecule has 1 unspecified atom stereocenters. The minimum absolute atomic E-state index is 0.223. The van der Waals surface area contributed by atoms with Gasteiger partial charge in [0.2, 0.25) is 0 Å². The zero-order valence-corrected chi connectivity index (χ0v) is 15.0. The number of amides is 1. The number of hydrogen-bond donors (Lipinski definition) is 1. The average molecular weight is 342 g/mol. The van der Waals surface area contributed by atoms with Crippen LogP contribution in [-0.4, -0.2) is 29.1 Å². The number of nitrogens with zero attached hydrogens (tertiary/aromatic N) is 1. The second kappa shape index (κ2) is 7.72. The number of aryl methyl sites for hydroxylation is 1. The number of carbonyl (C=O) groups excluding carboxylic acids is 2. The highest BCUT2D eigenvalue weighted by molar-refractivity contribution is 6.05. The number of rotatable bonds is 5. The Balaban J connectivity index is 1.58. The fourth-order valence-electron chi connectivity index (χ4n) is 3.56. The van der Waals surface area contributed by atoms with Crippen molar-refractivity contribution in [1.82, 2.24) is 9.88 Å². The highest BCUT2D eigenvalue weighted by Crippen LogP contribution is 2.23. The normalized spacial score (nSPS) is 16.6. The van der Waals surface area contributed by atoms with E-state index in [9.17, 15) is 9.59 Å². The molecule has 5 heteroatoms. The van der Waals surface area contributed by atoms with Crippen molar-refractivity contribution in [3.63, 3.8) is 0 Å². The zero-order valence-electron chi connectivity index (χ0n) is 15.0. The molecule has 1 heterocycles. The summed E-state index contributed by atoms with van der Waals surface area (Å²) in [5.74, 6) is -0.130. The van der Waals surface area contributed by atoms with E-state index in [1.807, 2.05) is 35.9 Å². The van der Waals surface area contributed by atoms with Crippen molar-refractivity contribution in [2.24, 2.45) is 13.0 Å². The van der Waals surface area contributed by atoms with Crippen LogP contribution in [0.2, 0.25) is 0 Å². The molecule has 0 bridgehead atoms. The molecule has 3 rings (SSSR count). The van der Waals surface area contributed by atoms with Gasteiger partial charge in [-0.2, -0.15) is 0 Å². The number of hydrogen-bond acceptors (Lipinski definition) is 3. The molecule has 0 aliphatic heterocycles. The lowest BCUT2D eigenvalue weighted by Crippen LogP contribution is -2.38. The molecule has 0 saturated heterocycles. The summed E-state index contributed by atoms with van der Waals surface area (Å²) in [5, 5.41) is 3.77. The van der Waals surface area contributed by atoms with Gasteiger partial charge in [0, 0.05) is 30.7 Å². The number of fused-ring (bicyclic) bond motifs is 1. The minimum atomic E-state index is -0.796. The molecule has 1 N–H and O–H groups in total. The van der Waals surface area contributed by atoms with E-state index in [-0.39, 0.29) is 5.91 Å². The predicted molar refractivity (Wildman–Crippen MR) is 97.4 cm³/mol. The zero-order chi connectivity index (χ0) is 17.8. The van der Waals surface area contributed by atoms with Gasteiger partial charge in [-0.1, -0.05) is 37.5 Å². The van der Waals surface area contributed by atoms with Crippen LogP contribution < -0.4 is 5.32 Å². The van der Waals surface area contributed by atoms with E-state index in [0.29, 0.717) is 18.0 Å². The van der Waals surface area contributed by atoms with Gasteiger partial charge in [-0.15, -0.1) is 0 Å². The second-order valence-electron chi connectivity index (χ2n) is 6.97. The van der Waals surface area contributed by atoms with Crippen molar-refractivity contribution in [2.75, 3.05) is 6.54 Å². The smallest absolute Gasteiger partial charge is 0.341 e. The molecular formula is C20H26N2O3. The third-order valence-corrected chi connectivity index (χ3v) is 5.06. The number of ether oxygens (including phenoxy) is 1. The fourth-order valence-corrected chi connectivity index (χ4v) is 3.56. The highest BCUT2D eigenvalue weighted by atomic mass is 16.5. The molecule has 1 aromatic heterocycles. The molecule has 5 nitrogen and oxygen atoms in total. The molecule has 1 aromatic carbocycles. The number of benzene rings is 1. The van der Waals surface area contributed by atoms with Crippen LogP contribution in [0.1, 0.15) is 49.4 Å². The van der Waals surface area contributed by atoms with Gasteiger partial charge in [0.1, 0.15) is 0 Å². The number of aromatic nitrogens is 1. The maximum atomic E-state index is 12.5. The lowest BCUT2D eigenvalue weighted by Gasteiger charge is -2.22. The topological polar surface area (TPSA) is 60.3 Å². The van der Waals surface area contributed by atoms with Crippen molar-refractivity contribution in [3.8, 4) is 0 Å². The van der Waals surface area contributed by atoms with Crippen molar-refractivity contribution in [3.05, 3.63) is 36.0 Å². The Kier molecular flexibility index (Phi) is 5.41. The van der Waals surface area contributed by atoms with Crippen LogP contribution in [0.25, 0.3) is 10.9 Å². The van der Waals surface area contributed by atoms with Crippen LogP contribution in [-0.2, 0) is 16.6 Å². The average Bonchev–Trinajstić information content (AvgIpc) is 2.98. The number of para-hydroxylation sites is 1. The monoisotopic (exact) mass is 342 g/mol. The minimum Gasteiger partial charge on any atom is -0.449 e. The SMILES string of the molecule is CC(OC(=O)c1cn(C)c2ccccc12)C(=O)NCC1CCCCC1. The van der Waals surface area contributed by atoms with Crippen LogP contribution in [0.4, 0.5) is 0 Å². The predicted octanol–water partition coefficient (Wildman–Crippen LogP) is 3.42. The van der Waals surface area contributed by atoms with Gasteiger partial charge < -0.3 is 14.6 Å². The molecular weight excluding hydrogens is 316 g/mol. The van der Waals surface area contributed by atoms with E-state index in [0.717, 1.165) is 10.9 Å². The third-order valence-electron chi connectivity index (χ3n) is 5.06. The molecule has 1 atom stereocenters. The van der Waals surface area contributed by atoms with Crippen LogP contribution in [0.5, 0.6) is 0 Å². The molecule has 1 fully saturated rings. The van der Waals surface area contributed by atoms with Crippen LogP contribution in [0.15, 0.2) is 30.5 Å². The Hall–Kier alpha value is -2.30. The summed E-state index contributed by atoms with van der Waals surface area (Å²) in [6, 6.07) is 7.66. The van der Waals surface area contributed by atoms with Crippen molar-refractivity contribution < 1.29 is 14.3 Å². The van der Waals surface area contributed by atoms with Crippen molar-refractivity contribution >= 4 is 22.8 Å². The van der Waals surface area contributed by atoms with Gasteiger partial charge in [0.25, 0.3) is 5.91 Å². The van der Waals surface area contributed by atoms with Gasteiger partial charge in [-0.05, 0) is 31.7 Å². The van der Waals surface area contributed by atoms with Crippen molar-refractivity contribution in [1.29, 1.82) is 0 Å². The lowest BCUT2D eigenvalue weighted by molar-refractivity contribution is -0.129. The van der Waals surface area contributed by atoms with E-state index in [4.69, 9.17) is 4.74 Å². The summed E-state index contributed by atoms with van der Waals surface area (Å²) in [7, 11) is 1.89. The first-order chi connectivity index (χ1) is 12.1. The van der Waals surface area contributed by atoms with Gasteiger partial charge in [-0.3, -0.25) is 4.79 Å². The molecule has 25 heavy (non-hydrogen) atoms. The number of nitrogens with one attached hydrogen (secondary N) is 1. The largest absolute Gasteiger partial charge is 0.449 e. The summed E-state index contributed by atoms with van der Waals surface area (Å²) in [6.07, 6.45) is 7.08. The van der Waals surface area contributed by atoms with Gasteiger partial charge >= 0.3 is 5.97 Å². The first kappa shape index (κ1) is 17.5. The molecule has 1 amide bonds. The number of esters is 1. The van der Waals surface area contributed by atoms with Crippen LogP contribution >= 0.6 is 0 Å².